The lowest BCUT2D eigenvalue weighted by molar-refractivity contribution is 0.196. The summed E-state index contributed by atoms with van der Waals surface area (Å²) in [6, 6.07) is 6.24. The third-order valence-corrected chi connectivity index (χ3v) is 4.30. The Morgan fingerprint density at radius 2 is 2.11 bits per heavy atom. The minimum absolute atomic E-state index is 0.225. The van der Waals surface area contributed by atoms with Crippen molar-refractivity contribution in [3.63, 3.8) is 0 Å². The summed E-state index contributed by atoms with van der Waals surface area (Å²) in [6.07, 6.45) is -0.290. The van der Waals surface area contributed by atoms with Crippen LogP contribution in [0.4, 0.5) is 0 Å². The maximum absolute atomic E-state index is 9.50. The predicted octanol–water partition coefficient (Wildman–Crippen LogP) is 2.42. The van der Waals surface area contributed by atoms with Gasteiger partial charge in [-0.2, -0.15) is 11.8 Å². The maximum atomic E-state index is 9.50. The summed E-state index contributed by atoms with van der Waals surface area (Å²) >= 11 is 1.74. The number of hydrogen-bond acceptors (Lipinski definition) is 4. The van der Waals surface area contributed by atoms with Gasteiger partial charge in [0.2, 0.25) is 0 Å². The molecule has 2 unspecified atom stereocenters. The largest absolute Gasteiger partial charge is 0.496 e. The van der Waals surface area contributed by atoms with Gasteiger partial charge >= 0.3 is 0 Å². The Morgan fingerprint density at radius 1 is 1.39 bits per heavy atom. The Balaban J connectivity index is 2.74. The van der Waals surface area contributed by atoms with Crippen LogP contribution in [0, 0.1) is 0 Å². The number of rotatable bonds is 7. The van der Waals surface area contributed by atoms with E-state index in [-0.39, 0.29) is 11.4 Å². The molecule has 0 bridgehead atoms. The topological polar surface area (TPSA) is 41.5 Å². The molecule has 2 N–H and O–H groups in total. The van der Waals surface area contributed by atoms with E-state index in [1.807, 2.05) is 27.0 Å². The van der Waals surface area contributed by atoms with Crippen molar-refractivity contribution in [3.8, 4) is 5.75 Å². The van der Waals surface area contributed by atoms with Crippen molar-refractivity contribution in [2.75, 3.05) is 14.2 Å². The van der Waals surface area contributed by atoms with Crippen LogP contribution in [0.1, 0.15) is 25.0 Å². The molecule has 1 aromatic carbocycles. The maximum Gasteiger partial charge on any atom is 0.122 e. The zero-order valence-corrected chi connectivity index (χ0v) is 12.4. The molecule has 2 atom stereocenters. The lowest BCUT2D eigenvalue weighted by Gasteiger charge is -2.16. The Bertz CT molecular complexity index is 369. The molecular weight excluding hydrogens is 246 g/mol. The van der Waals surface area contributed by atoms with Gasteiger partial charge in [-0.05, 0) is 31.7 Å². The van der Waals surface area contributed by atoms with Crippen LogP contribution < -0.4 is 10.1 Å². The molecule has 0 saturated heterocycles. The van der Waals surface area contributed by atoms with Crippen molar-refractivity contribution in [3.05, 3.63) is 29.3 Å². The van der Waals surface area contributed by atoms with E-state index in [0.29, 0.717) is 0 Å². The van der Waals surface area contributed by atoms with Gasteiger partial charge in [-0.25, -0.2) is 0 Å². The van der Waals surface area contributed by atoms with Crippen LogP contribution in [0.15, 0.2) is 18.2 Å². The summed E-state index contributed by atoms with van der Waals surface area (Å²) in [4.78, 5) is 0. The number of benzene rings is 1. The van der Waals surface area contributed by atoms with Gasteiger partial charge < -0.3 is 15.2 Å². The first kappa shape index (κ1) is 15.3. The molecule has 1 rings (SSSR count). The highest BCUT2D eigenvalue weighted by Gasteiger charge is 2.11. The highest BCUT2D eigenvalue weighted by atomic mass is 32.2. The lowest BCUT2D eigenvalue weighted by Crippen LogP contribution is -2.15. The standard InChI is InChI=1S/C14H23NO2S/c1-10(16)11(2)18-9-13-7-12(8-15-3)5-6-14(13)17-4/h5-7,10-11,15-16H,8-9H2,1-4H3. The molecule has 0 saturated carbocycles. The van der Waals surface area contributed by atoms with Crippen molar-refractivity contribution >= 4 is 11.8 Å². The molecule has 3 nitrogen and oxygen atoms in total. The van der Waals surface area contributed by atoms with Gasteiger partial charge in [-0.1, -0.05) is 13.0 Å². The number of thioether (sulfide) groups is 1. The second-order valence-electron chi connectivity index (χ2n) is 4.43. The zero-order valence-electron chi connectivity index (χ0n) is 11.6. The molecule has 0 aliphatic rings. The molecular formula is C14H23NO2S. The quantitative estimate of drug-likeness (QED) is 0.797. The van der Waals surface area contributed by atoms with E-state index in [9.17, 15) is 5.11 Å². The van der Waals surface area contributed by atoms with Crippen LogP contribution in [-0.4, -0.2) is 30.6 Å². The molecule has 0 aromatic heterocycles. The van der Waals surface area contributed by atoms with E-state index in [1.54, 1.807) is 18.9 Å². The van der Waals surface area contributed by atoms with Gasteiger partial charge in [0.15, 0.2) is 0 Å². The molecule has 0 radical (unpaired) electrons. The van der Waals surface area contributed by atoms with Crippen molar-refractivity contribution in [1.29, 1.82) is 0 Å². The summed E-state index contributed by atoms with van der Waals surface area (Å²) in [6.45, 7) is 4.72. The molecule has 1 aromatic rings. The number of hydrogen-bond donors (Lipinski definition) is 2. The molecule has 18 heavy (non-hydrogen) atoms. The third kappa shape index (κ3) is 4.52. The van der Waals surface area contributed by atoms with Crippen molar-refractivity contribution < 1.29 is 9.84 Å². The van der Waals surface area contributed by atoms with Gasteiger partial charge in [0.1, 0.15) is 5.75 Å². The first-order valence-corrected chi connectivity index (χ1v) is 7.23. The first-order chi connectivity index (χ1) is 8.58. The summed E-state index contributed by atoms with van der Waals surface area (Å²) in [5.41, 5.74) is 2.43. The van der Waals surface area contributed by atoms with Gasteiger partial charge in [-0.3, -0.25) is 0 Å². The van der Waals surface area contributed by atoms with Crippen LogP contribution in [-0.2, 0) is 12.3 Å². The van der Waals surface area contributed by atoms with Crippen molar-refractivity contribution in [2.45, 2.75) is 37.5 Å². The molecule has 0 heterocycles. The highest BCUT2D eigenvalue weighted by molar-refractivity contribution is 7.99. The van der Waals surface area contributed by atoms with E-state index in [1.165, 1.54) is 11.1 Å². The minimum atomic E-state index is -0.290. The summed E-state index contributed by atoms with van der Waals surface area (Å²) in [5, 5.41) is 12.9. The fourth-order valence-electron chi connectivity index (χ4n) is 1.62. The normalized spacial score (nSPS) is 14.3. The lowest BCUT2D eigenvalue weighted by atomic mass is 10.1. The van der Waals surface area contributed by atoms with Crippen LogP contribution in [0.3, 0.4) is 0 Å². The van der Waals surface area contributed by atoms with Gasteiger partial charge in [0, 0.05) is 23.1 Å². The average Bonchev–Trinajstić information content (AvgIpc) is 2.36. The highest BCUT2D eigenvalue weighted by Crippen LogP contribution is 2.27. The molecule has 0 aliphatic heterocycles. The number of aliphatic hydroxyl groups is 1. The SMILES string of the molecule is CNCc1ccc(OC)c(CSC(C)C(C)O)c1. The van der Waals surface area contributed by atoms with Gasteiger partial charge in [-0.15, -0.1) is 0 Å². The van der Waals surface area contributed by atoms with Crippen LogP contribution in [0.2, 0.25) is 0 Å². The van der Waals surface area contributed by atoms with E-state index >= 15 is 0 Å². The minimum Gasteiger partial charge on any atom is -0.496 e. The fourth-order valence-corrected chi connectivity index (χ4v) is 2.57. The Hall–Kier alpha value is -0.710. The second-order valence-corrected chi connectivity index (χ2v) is 5.80. The van der Waals surface area contributed by atoms with E-state index in [4.69, 9.17) is 4.74 Å². The number of nitrogens with one attached hydrogen (secondary N) is 1. The Kier molecular flexibility index (Phi) is 6.54. The van der Waals surface area contributed by atoms with E-state index in [0.717, 1.165) is 18.0 Å². The van der Waals surface area contributed by atoms with Gasteiger partial charge in [0.05, 0.1) is 13.2 Å². The molecule has 4 heteroatoms. The van der Waals surface area contributed by atoms with E-state index < -0.39 is 0 Å². The summed E-state index contributed by atoms with van der Waals surface area (Å²) in [5.74, 6) is 1.77. The van der Waals surface area contributed by atoms with Gasteiger partial charge in [0.25, 0.3) is 0 Å². The third-order valence-electron chi connectivity index (χ3n) is 2.91. The molecule has 0 spiro atoms. The van der Waals surface area contributed by atoms with Crippen molar-refractivity contribution in [1.82, 2.24) is 5.32 Å². The average molecular weight is 269 g/mol. The number of methoxy groups -OCH3 is 1. The smallest absolute Gasteiger partial charge is 0.122 e. The fraction of sp³-hybridized carbons (Fsp3) is 0.571. The first-order valence-electron chi connectivity index (χ1n) is 6.18. The summed E-state index contributed by atoms with van der Waals surface area (Å²) < 4.78 is 5.37. The molecule has 0 aliphatic carbocycles. The molecule has 102 valence electrons. The number of ether oxygens (including phenoxy) is 1. The van der Waals surface area contributed by atoms with Crippen LogP contribution in [0.5, 0.6) is 5.75 Å². The Morgan fingerprint density at radius 3 is 2.67 bits per heavy atom. The molecule has 0 amide bonds. The molecule has 0 fully saturated rings. The predicted molar refractivity (Wildman–Crippen MR) is 78.2 cm³/mol. The Labute approximate surface area is 114 Å². The van der Waals surface area contributed by atoms with Crippen molar-refractivity contribution in [2.24, 2.45) is 0 Å². The van der Waals surface area contributed by atoms with Crippen LogP contribution in [0.25, 0.3) is 0 Å². The monoisotopic (exact) mass is 269 g/mol. The van der Waals surface area contributed by atoms with Crippen LogP contribution >= 0.6 is 11.8 Å². The number of aliphatic hydroxyl groups excluding tert-OH is 1. The summed E-state index contributed by atoms with van der Waals surface area (Å²) in [7, 11) is 3.63. The van der Waals surface area contributed by atoms with E-state index in [2.05, 4.69) is 17.4 Å². The second kappa shape index (κ2) is 7.67. The zero-order chi connectivity index (χ0) is 13.5.